The Bertz CT molecular complexity index is 931. The smallest absolute Gasteiger partial charge is 0.164 e. The Morgan fingerprint density at radius 2 is 1.68 bits per heavy atom. The molecule has 3 saturated carbocycles. The zero-order valence-electron chi connectivity index (χ0n) is 25.3. The highest BCUT2D eigenvalue weighted by Gasteiger charge is 2.66. The number of carbonyl (C=O) groups is 1. The molecule has 0 aromatic rings. The third-order valence-corrected chi connectivity index (χ3v) is 12.6. The van der Waals surface area contributed by atoms with Crippen molar-refractivity contribution < 1.29 is 29.6 Å². The van der Waals surface area contributed by atoms with Gasteiger partial charge in [-0.25, -0.2) is 0 Å². The van der Waals surface area contributed by atoms with Gasteiger partial charge < -0.3 is 24.8 Å². The fraction of sp³-hybridized carbons (Fsp3) is 0.906. The monoisotopic (exact) mass is 534 g/mol. The molecule has 0 radical (unpaired) electrons. The normalized spacial score (nSPS) is 42.1. The third kappa shape index (κ3) is 4.36. The van der Waals surface area contributed by atoms with Gasteiger partial charge in [-0.2, -0.15) is 0 Å². The van der Waals surface area contributed by atoms with Crippen molar-refractivity contribution in [2.24, 2.45) is 45.3 Å². The van der Waals surface area contributed by atoms with Crippen LogP contribution in [0.4, 0.5) is 0 Å². The summed E-state index contributed by atoms with van der Waals surface area (Å²) in [5.41, 5.74) is 0.171. The predicted molar refractivity (Wildman–Crippen MR) is 148 cm³/mol. The van der Waals surface area contributed by atoms with Crippen LogP contribution in [0.5, 0.6) is 0 Å². The Labute approximate surface area is 230 Å². The zero-order chi connectivity index (χ0) is 28.5. The summed E-state index contributed by atoms with van der Waals surface area (Å²) in [5, 5.41) is 31.8. The van der Waals surface area contributed by atoms with Gasteiger partial charge in [0.25, 0.3) is 0 Å². The molecular weight excluding hydrogens is 480 g/mol. The largest absolute Gasteiger partial charge is 0.393 e. The highest BCUT2D eigenvalue weighted by Crippen LogP contribution is 2.73. The molecule has 0 amide bonds. The maximum Gasteiger partial charge on any atom is 0.164 e. The minimum Gasteiger partial charge on any atom is -0.393 e. The summed E-state index contributed by atoms with van der Waals surface area (Å²) in [6, 6.07) is 0. The lowest BCUT2D eigenvalue weighted by Gasteiger charge is -2.64. The fourth-order valence-electron chi connectivity index (χ4n) is 10.0. The maximum atomic E-state index is 13.2. The van der Waals surface area contributed by atoms with Crippen LogP contribution in [0.15, 0.2) is 11.6 Å². The number of ether oxygens (including phenoxy) is 2. The first-order valence-electron chi connectivity index (χ1n) is 14.9. The Kier molecular flexibility index (Phi) is 7.89. The molecule has 38 heavy (non-hydrogen) atoms. The van der Waals surface area contributed by atoms with Crippen molar-refractivity contribution in [1.82, 2.24) is 0 Å². The van der Waals surface area contributed by atoms with Crippen LogP contribution in [-0.2, 0) is 14.3 Å². The van der Waals surface area contributed by atoms with E-state index in [0.29, 0.717) is 11.8 Å². The number of aliphatic hydroxyl groups is 3. The second-order valence-electron chi connectivity index (χ2n) is 15.0. The minimum atomic E-state index is -1.50. The molecule has 0 aliphatic heterocycles. The first-order valence-corrected chi connectivity index (χ1v) is 14.9. The van der Waals surface area contributed by atoms with Gasteiger partial charge in [0, 0.05) is 26.6 Å². The van der Waals surface area contributed by atoms with E-state index in [4.69, 9.17) is 9.47 Å². The first-order chi connectivity index (χ1) is 17.5. The lowest BCUT2D eigenvalue weighted by atomic mass is 9.41. The van der Waals surface area contributed by atoms with E-state index in [1.807, 2.05) is 0 Å². The molecule has 4 aliphatic carbocycles. The van der Waals surface area contributed by atoms with Crippen molar-refractivity contribution >= 4 is 5.78 Å². The summed E-state index contributed by atoms with van der Waals surface area (Å²) in [5.74, 6) is 0.601. The summed E-state index contributed by atoms with van der Waals surface area (Å²) >= 11 is 0. The quantitative estimate of drug-likeness (QED) is 0.290. The van der Waals surface area contributed by atoms with Gasteiger partial charge in [0.15, 0.2) is 12.1 Å². The number of aliphatic hydroxyl groups excluding tert-OH is 2. The SMILES string of the molecule is COC(OC)[C@@H](CC(=O)[C@@H](O)C(C)(C)O)[C@@H]1CC[C@]2(C)C3=CC[C@H]4C(C)(C)[C@H](O)CC[C@]4(C)[C@H]3CC[C@@]12C. The number of hydrogen-bond donors (Lipinski definition) is 3. The van der Waals surface area contributed by atoms with Crippen molar-refractivity contribution in [1.29, 1.82) is 0 Å². The number of hydrogen-bond acceptors (Lipinski definition) is 6. The van der Waals surface area contributed by atoms with E-state index in [9.17, 15) is 20.1 Å². The number of ketones is 1. The number of methoxy groups -OCH3 is 2. The Hall–Kier alpha value is -0.790. The lowest BCUT2D eigenvalue weighted by molar-refractivity contribution is -0.176. The lowest BCUT2D eigenvalue weighted by Crippen LogP contribution is -2.58. The van der Waals surface area contributed by atoms with Crippen LogP contribution in [-0.4, -0.2) is 59.4 Å². The molecule has 0 spiro atoms. The third-order valence-electron chi connectivity index (χ3n) is 12.6. The van der Waals surface area contributed by atoms with Crippen molar-refractivity contribution in [2.75, 3.05) is 14.2 Å². The predicted octanol–water partition coefficient (Wildman–Crippen LogP) is 5.28. The zero-order valence-corrected chi connectivity index (χ0v) is 25.3. The number of fused-ring (bicyclic) bond motifs is 5. The molecule has 3 fully saturated rings. The second-order valence-corrected chi connectivity index (χ2v) is 15.0. The molecule has 0 bridgehead atoms. The standard InChI is InChI=1S/C32H54O6/c1-28(2)24-11-10-22-21(30(24,5)15-14-25(28)34)13-17-31(6)20(12-16-32(22,31)7)19(27(37-8)38-9)18-23(33)26(35)29(3,4)36/h10,19-21,24-27,34-36H,11-18H2,1-9H3/t19-,20-,21-,24-,25+,26+,30+,31-,32+/m0/s1. The average Bonchev–Trinajstić information content (AvgIpc) is 3.12. The van der Waals surface area contributed by atoms with Crippen LogP contribution in [0.2, 0.25) is 0 Å². The van der Waals surface area contributed by atoms with E-state index in [1.165, 1.54) is 13.8 Å². The van der Waals surface area contributed by atoms with E-state index in [-0.39, 0.29) is 51.8 Å². The first kappa shape index (κ1) is 30.2. The van der Waals surface area contributed by atoms with E-state index < -0.39 is 18.0 Å². The number of Topliss-reactive ketones (excluding diaryl/α,β-unsaturated/α-hetero) is 1. The summed E-state index contributed by atoms with van der Waals surface area (Å²) in [6.45, 7) is 14.8. The summed E-state index contributed by atoms with van der Waals surface area (Å²) in [7, 11) is 3.24. The van der Waals surface area contributed by atoms with Gasteiger partial charge in [-0.15, -0.1) is 0 Å². The van der Waals surface area contributed by atoms with Crippen LogP contribution in [0, 0.1) is 45.3 Å². The highest BCUT2D eigenvalue weighted by molar-refractivity contribution is 5.84. The van der Waals surface area contributed by atoms with Gasteiger partial charge in [-0.1, -0.05) is 46.3 Å². The van der Waals surface area contributed by atoms with E-state index >= 15 is 0 Å². The molecule has 9 atom stereocenters. The number of allylic oxidation sites excluding steroid dienone is 2. The van der Waals surface area contributed by atoms with Gasteiger partial charge in [0.1, 0.15) is 6.10 Å². The second kappa shape index (κ2) is 9.94. The molecule has 0 saturated heterocycles. The van der Waals surface area contributed by atoms with Crippen LogP contribution < -0.4 is 0 Å². The maximum absolute atomic E-state index is 13.2. The molecule has 4 rings (SSSR count). The van der Waals surface area contributed by atoms with Crippen LogP contribution >= 0.6 is 0 Å². The Morgan fingerprint density at radius 1 is 1.05 bits per heavy atom. The summed E-state index contributed by atoms with van der Waals surface area (Å²) in [6.07, 6.45) is 7.58. The molecule has 0 aromatic carbocycles. The molecular formula is C32H54O6. The minimum absolute atomic E-state index is 0.0109. The molecule has 0 aromatic heterocycles. The van der Waals surface area contributed by atoms with Crippen molar-refractivity contribution in [3.63, 3.8) is 0 Å². The van der Waals surface area contributed by atoms with Crippen molar-refractivity contribution in [3.8, 4) is 0 Å². The molecule has 3 N–H and O–H groups in total. The molecule has 6 nitrogen and oxygen atoms in total. The van der Waals surface area contributed by atoms with E-state index in [2.05, 4.69) is 40.7 Å². The summed E-state index contributed by atoms with van der Waals surface area (Å²) < 4.78 is 11.5. The van der Waals surface area contributed by atoms with Crippen LogP contribution in [0.3, 0.4) is 0 Å². The van der Waals surface area contributed by atoms with Gasteiger partial charge >= 0.3 is 0 Å². The molecule has 4 aliphatic rings. The van der Waals surface area contributed by atoms with Gasteiger partial charge in [-0.3, -0.25) is 4.79 Å². The molecule has 0 heterocycles. The van der Waals surface area contributed by atoms with E-state index in [1.54, 1.807) is 19.8 Å². The Balaban J connectivity index is 1.69. The van der Waals surface area contributed by atoms with Crippen molar-refractivity contribution in [3.05, 3.63) is 11.6 Å². The highest BCUT2D eigenvalue weighted by atomic mass is 16.7. The summed E-state index contributed by atoms with van der Waals surface area (Å²) in [4.78, 5) is 13.2. The number of carbonyl (C=O) groups excluding carboxylic acids is 1. The number of rotatable bonds is 8. The molecule has 6 heteroatoms. The Morgan fingerprint density at radius 3 is 2.26 bits per heavy atom. The van der Waals surface area contributed by atoms with Gasteiger partial charge in [0.2, 0.25) is 0 Å². The van der Waals surface area contributed by atoms with Crippen LogP contribution in [0.1, 0.15) is 99.8 Å². The molecule has 218 valence electrons. The van der Waals surface area contributed by atoms with Gasteiger partial charge in [0.05, 0.1) is 11.7 Å². The average molecular weight is 535 g/mol. The van der Waals surface area contributed by atoms with E-state index in [0.717, 1.165) is 44.9 Å². The van der Waals surface area contributed by atoms with Crippen molar-refractivity contribution in [2.45, 2.75) is 124 Å². The fourth-order valence-corrected chi connectivity index (χ4v) is 10.0. The van der Waals surface area contributed by atoms with Gasteiger partial charge in [-0.05, 0) is 98.2 Å². The van der Waals surface area contributed by atoms with Crippen LogP contribution in [0.25, 0.3) is 0 Å². The topological polar surface area (TPSA) is 96.2 Å². The molecule has 0 unspecified atom stereocenters.